The molecule has 2 unspecified atom stereocenters. The summed E-state index contributed by atoms with van der Waals surface area (Å²) in [6.45, 7) is 0. The molecule has 0 bridgehead atoms. The molecule has 6 nitrogen and oxygen atoms in total. The minimum atomic E-state index is -0.372. The Hall–Kier alpha value is -4.19. The van der Waals surface area contributed by atoms with Gasteiger partial charge in [0.2, 0.25) is 0 Å². The van der Waals surface area contributed by atoms with Gasteiger partial charge < -0.3 is 10.0 Å². The molecular weight excluding hydrogens is 390 g/mol. The summed E-state index contributed by atoms with van der Waals surface area (Å²) in [7, 11) is 0. The van der Waals surface area contributed by atoms with Crippen LogP contribution in [-0.4, -0.2) is 21.1 Å². The fourth-order valence-electron chi connectivity index (χ4n) is 4.20. The van der Waals surface area contributed by atoms with Gasteiger partial charge in [-0.1, -0.05) is 42.5 Å². The summed E-state index contributed by atoms with van der Waals surface area (Å²) in [5, 5.41) is 20.9. The van der Waals surface area contributed by atoms with E-state index in [1.165, 1.54) is 6.07 Å². The molecule has 0 fully saturated rings. The van der Waals surface area contributed by atoms with Gasteiger partial charge in [0.05, 0.1) is 11.0 Å². The van der Waals surface area contributed by atoms with Crippen LogP contribution in [0.15, 0.2) is 97.5 Å². The van der Waals surface area contributed by atoms with Gasteiger partial charge in [0.25, 0.3) is 5.69 Å². The first-order valence-corrected chi connectivity index (χ1v) is 9.94. The normalized spacial score (nSPS) is 19.5. The van der Waals surface area contributed by atoms with Crippen molar-refractivity contribution in [2.24, 2.45) is 5.92 Å². The summed E-state index contributed by atoms with van der Waals surface area (Å²) >= 11 is 0. The van der Waals surface area contributed by atoms with Crippen LogP contribution in [0, 0.1) is 16.0 Å². The number of aromatic nitrogens is 1. The lowest BCUT2D eigenvalue weighted by molar-refractivity contribution is -0.384. The van der Waals surface area contributed by atoms with Crippen molar-refractivity contribution < 1.29 is 10.0 Å². The first-order valence-electron chi connectivity index (χ1n) is 9.94. The Labute approximate surface area is 179 Å². The van der Waals surface area contributed by atoms with Gasteiger partial charge in [0.15, 0.2) is 0 Å². The number of phenols is 1. The SMILES string of the molecule is O=[N+]([O-])c1cccc(C2=CC3C(C=C2)C(c2ccc(O)cc2)=CN3c2ccncc2)c1. The molecule has 1 N–H and O–H groups in total. The zero-order chi connectivity index (χ0) is 21.4. The quantitative estimate of drug-likeness (QED) is 0.474. The molecule has 0 saturated heterocycles. The average Bonchev–Trinajstić information content (AvgIpc) is 3.19. The van der Waals surface area contributed by atoms with Gasteiger partial charge in [0.1, 0.15) is 5.75 Å². The van der Waals surface area contributed by atoms with E-state index in [1.807, 2.05) is 36.4 Å². The molecule has 3 aromatic rings. The molecule has 0 spiro atoms. The molecular formula is C25H19N3O3. The van der Waals surface area contributed by atoms with Crippen LogP contribution in [0.1, 0.15) is 11.1 Å². The van der Waals surface area contributed by atoms with Gasteiger partial charge in [-0.15, -0.1) is 0 Å². The molecule has 1 aromatic heterocycles. The smallest absolute Gasteiger partial charge is 0.270 e. The lowest BCUT2D eigenvalue weighted by Gasteiger charge is -2.29. The molecule has 0 amide bonds. The van der Waals surface area contributed by atoms with Crippen molar-refractivity contribution >= 4 is 22.5 Å². The van der Waals surface area contributed by atoms with E-state index < -0.39 is 0 Å². The van der Waals surface area contributed by atoms with Crippen molar-refractivity contribution in [2.75, 3.05) is 4.90 Å². The molecule has 0 saturated carbocycles. The summed E-state index contributed by atoms with van der Waals surface area (Å²) in [6.07, 6.45) is 12.0. The Morgan fingerprint density at radius 3 is 2.52 bits per heavy atom. The third kappa shape index (κ3) is 3.48. The number of non-ortho nitro benzene ring substituents is 1. The molecule has 0 radical (unpaired) electrons. The third-order valence-electron chi connectivity index (χ3n) is 5.71. The van der Waals surface area contributed by atoms with Gasteiger partial charge in [-0.3, -0.25) is 15.1 Å². The fraction of sp³-hybridized carbons (Fsp3) is 0.0800. The van der Waals surface area contributed by atoms with Crippen LogP contribution < -0.4 is 4.90 Å². The summed E-state index contributed by atoms with van der Waals surface area (Å²) in [6, 6.07) is 17.9. The number of fused-ring (bicyclic) bond motifs is 1. The molecule has 2 atom stereocenters. The van der Waals surface area contributed by atoms with Crippen LogP contribution in [0.3, 0.4) is 0 Å². The van der Waals surface area contributed by atoms with E-state index in [2.05, 4.69) is 28.2 Å². The second kappa shape index (κ2) is 7.57. The maximum Gasteiger partial charge on any atom is 0.270 e. The predicted molar refractivity (Wildman–Crippen MR) is 120 cm³/mol. The van der Waals surface area contributed by atoms with Crippen LogP contribution >= 0.6 is 0 Å². The highest BCUT2D eigenvalue weighted by molar-refractivity contribution is 5.84. The van der Waals surface area contributed by atoms with Crippen LogP contribution in [0.5, 0.6) is 5.75 Å². The summed E-state index contributed by atoms with van der Waals surface area (Å²) in [5.41, 5.74) is 5.05. The van der Waals surface area contributed by atoms with Gasteiger partial charge >= 0.3 is 0 Å². The molecule has 2 aromatic carbocycles. The van der Waals surface area contributed by atoms with Crippen molar-refractivity contribution in [1.29, 1.82) is 0 Å². The summed E-state index contributed by atoms with van der Waals surface area (Å²) in [4.78, 5) is 17.2. The van der Waals surface area contributed by atoms with E-state index in [0.29, 0.717) is 0 Å². The molecule has 152 valence electrons. The van der Waals surface area contributed by atoms with E-state index in [-0.39, 0.29) is 28.3 Å². The van der Waals surface area contributed by atoms with E-state index in [4.69, 9.17) is 0 Å². The second-order valence-electron chi connectivity index (χ2n) is 7.55. The number of hydrogen-bond acceptors (Lipinski definition) is 5. The Balaban J connectivity index is 1.57. The zero-order valence-electron chi connectivity index (χ0n) is 16.5. The van der Waals surface area contributed by atoms with Crippen LogP contribution in [0.25, 0.3) is 11.1 Å². The van der Waals surface area contributed by atoms with Gasteiger partial charge in [-0.25, -0.2) is 0 Å². The van der Waals surface area contributed by atoms with E-state index in [9.17, 15) is 15.2 Å². The molecule has 2 aliphatic rings. The predicted octanol–water partition coefficient (Wildman–Crippen LogP) is 5.19. The minimum absolute atomic E-state index is 0.0189. The molecule has 5 rings (SSSR count). The lowest BCUT2D eigenvalue weighted by atomic mass is 9.84. The second-order valence-corrected chi connectivity index (χ2v) is 7.55. The van der Waals surface area contributed by atoms with Crippen molar-refractivity contribution in [3.63, 3.8) is 0 Å². The Bertz CT molecular complexity index is 1230. The van der Waals surface area contributed by atoms with Crippen molar-refractivity contribution in [3.05, 3.63) is 119 Å². The number of nitrogens with zero attached hydrogens (tertiary/aromatic N) is 3. The highest BCUT2D eigenvalue weighted by atomic mass is 16.6. The first kappa shape index (κ1) is 18.8. The number of benzene rings is 2. The molecule has 1 aliphatic heterocycles. The fourth-order valence-corrected chi connectivity index (χ4v) is 4.20. The number of nitro groups is 1. The highest BCUT2D eigenvalue weighted by Crippen LogP contribution is 2.43. The van der Waals surface area contributed by atoms with Crippen molar-refractivity contribution in [3.8, 4) is 5.75 Å². The zero-order valence-corrected chi connectivity index (χ0v) is 16.5. The summed E-state index contributed by atoms with van der Waals surface area (Å²) < 4.78 is 0. The van der Waals surface area contributed by atoms with Crippen LogP contribution in [-0.2, 0) is 0 Å². The monoisotopic (exact) mass is 409 g/mol. The van der Waals surface area contributed by atoms with Crippen molar-refractivity contribution in [1.82, 2.24) is 4.98 Å². The Kier molecular flexibility index (Phi) is 4.59. The average molecular weight is 409 g/mol. The molecule has 2 heterocycles. The van der Waals surface area contributed by atoms with Crippen LogP contribution in [0.2, 0.25) is 0 Å². The first-order chi connectivity index (χ1) is 15.1. The number of hydrogen-bond donors (Lipinski definition) is 1. The lowest BCUT2D eigenvalue weighted by Crippen LogP contribution is -2.31. The summed E-state index contributed by atoms with van der Waals surface area (Å²) in [5.74, 6) is 0.345. The van der Waals surface area contributed by atoms with Gasteiger partial charge in [-0.2, -0.15) is 0 Å². The molecule has 6 heteroatoms. The van der Waals surface area contributed by atoms with E-state index in [0.717, 1.165) is 28.0 Å². The molecule has 1 aliphatic carbocycles. The van der Waals surface area contributed by atoms with E-state index in [1.54, 1.807) is 36.7 Å². The van der Waals surface area contributed by atoms with Crippen molar-refractivity contribution in [2.45, 2.75) is 6.04 Å². The maximum atomic E-state index is 11.2. The maximum absolute atomic E-state index is 11.2. The number of allylic oxidation sites excluding steroid dienone is 2. The largest absolute Gasteiger partial charge is 0.508 e. The Morgan fingerprint density at radius 2 is 1.77 bits per heavy atom. The topological polar surface area (TPSA) is 79.5 Å². The van der Waals surface area contributed by atoms with Crippen LogP contribution in [0.4, 0.5) is 11.4 Å². The highest BCUT2D eigenvalue weighted by Gasteiger charge is 2.35. The van der Waals surface area contributed by atoms with Gasteiger partial charge in [-0.05, 0) is 46.5 Å². The Morgan fingerprint density at radius 1 is 1.00 bits per heavy atom. The number of phenolic OH excluding ortho intramolecular Hbond substituents is 1. The standard InChI is InChI=1S/C25H19N3O3/c29-22-7-4-17(5-8-22)24-16-27(20-10-12-26-13-11-20)25-15-19(6-9-23(24)25)18-2-1-3-21(14-18)28(30)31/h1-16,23,25,29H. The minimum Gasteiger partial charge on any atom is -0.508 e. The third-order valence-corrected chi connectivity index (χ3v) is 5.71. The number of pyridine rings is 1. The van der Waals surface area contributed by atoms with E-state index >= 15 is 0 Å². The number of anilines is 1. The number of nitro benzene ring substituents is 1. The van der Waals surface area contributed by atoms with Gasteiger partial charge in [0, 0.05) is 42.3 Å². The molecule has 31 heavy (non-hydrogen) atoms. The number of rotatable bonds is 4. The number of aromatic hydroxyl groups is 1.